The molecule has 1 saturated heterocycles. The molecular formula is C22H34O2. The smallest absolute Gasteiger partial charge is 0.194 e. The summed E-state index contributed by atoms with van der Waals surface area (Å²) in [4.78, 5) is 12.2. The van der Waals surface area contributed by atoms with Crippen molar-refractivity contribution in [2.45, 2.75) is 96.2 Å². The maximum absolute atomic E-state index is 12.2. The molecule has 1 aliphatic heterocycles. The Balaban J connectivity index is 1.41. The Morgan fingerprint density at radius 1 is 0.833 bits per heavy atom. The molecule has 1 aromatic rings. The van der Waals surface area contributed by atoms with E-state index in [-0.39, 0.29) is 18.0 Å². The quantitative estimate of drug-likeness (QED) is 0.226. The Bertz CT molecular complexity index is 454. The van der Waals surface area contributed by atoms with Gasteiger partial charge in [0.25, 0.3) is 0 Å². The number of epoxide rings is 1. The average molecular weight is 331 g/mol. The number of hydrogen-bond acceptors (Lipinski definition) is 2. The van der Waals surface area contributed by atoms with Crippen LogP contribution in [0.3, 0.4) is 0 Å². The van der Waals surface area contributed by atoms with Gasteiger partial charge in [-0.05, 0) is 6.42 Å². The second-order valence-corrected chi connectivity index (χ2v) is 7.15. The van der Waals surface area contributed by atoms with Crippen molar-refractivity contribution in [3.05, 3.63) is 35.9 Å². The van der Waals surface area contributed by atoms with Crippen molar-refractivity contribution in [3.8, 4) is 0 Å². The van der Waals surface area contributed by atoms with E-state index >= 15 is 0 Å². The zero-order valence-corrected chi connectivity index (χ0v) is 15.3. The van der Waals surface area contributed by atoms with Crippen LogP contribution >= 0.6 is 0 Å². The van der Waals surface area contributed by atoms with Crippen molar-refractivity contribution >= 4 is 5.78 Å². The normalized spacial score (nSPS) is 19.4. The predicted octanol–water partition coefficient (Wildman–Crippen LogP) is 6.34. The number of benzene rings is 1. The third-order valence-corrected chi connectivity index (χ3v) is 4.99. The number of hydrogen-bond donors (Lipinski definition) is 0. The van der Waals surface area contributed by atoms with Gasteiger partial charge >= 0.3 is 0 Å². The highest BCUT2D eigenvalue weighted by molar-refractivity contribution is 6.01. The van der Waals surface area contributed by atoms with Crippen LogP contribution in [0.15, 0.2) is 30.3 Å². The second kappa shape index (κ2) is 11.4. The minimum Gasteiger partial charge on any atom is -0.361 e. The number of Topliss-reactive ketones (excluding diaryl/α,β-unsaturated/α-hetero) is 1. The molecule has 0 radical (unpaired) electrons. The van der Waals surface area contributed by atoms with Crippen LogP contribution < -0.4 is 0 Å². The van der Waals surface area contributed by atoms with Gasteiger partial charge in [-0.25, -0.2) is 0 Å². The largest absolute Gasteiger partial charge is 0.361 e. The Kier molecular flexibility index (Phi) is 9.12. The molecular weight excluding hydrogens is 296 g/mol. The van der Waals surface area contributed by atoms with E-state index in [9.17, 15) is 4.79 Å². The first kappa shape index (κ1) is 19.2. The molecule has 1 heterocycles. The first-order valence-corrected chi connectivity index (χ1v) is 10.1. The molecule has 0 bridgehead atoms. The molecule has 0 spiro atoms. The van der Waals surface area contributed by atoms with E-state index in [2.05, 4.69) is 6.92 Å². The maximum Gasteiger partial charge on any atom is 0.194 e. The van der Waals surface area contributed by atoms with Gasteiger partial charge in [-0.2, -0.15) is 0 Å². The van der Waals surface area contributed by atoms with E-state index in [1.54, 1.807) is 0 Å². The SMILES string of the molecule is CCCCCCCCCCCCC[C@H]1O[C@@H]1C(=O)c1ccccc1. The van der Waals surface area contributed by atoms with E-state index in [4.69, 9.17) is 4.74 Å². The molecule has 0 unspecified atom stereocenters. The first-order chi connectivity index (χ1) is 11.8. The zero-order chi connectivity index (χ0) is 17.0. The first-order valence-electron chi connectivity index (χ1n) is 10.1. The lowest BCUT2D eigenvalue weighted by Gasteiger charge is -2.02. The molecule has 0 saturated carbocycles. The third-order valence-electron chi connectivity index (χ3n) is 4.99. The highest BCUT2D eigenvalue weighted by atomic mass is 16.6. The summed E-state index contributed by atoms with van der Waals surface area (Å²) in [5, 5.41) is 0. The van der Waals surface area contributed by atoms with Gasteiger partial charge < -0.3 is 4.74 Å². The van der Waals surface area contributed by atoms with Crippen LogP contribution in [-0.4, -0.2) is 18.0 Å². The summed E-state index contributed by atoms with van der Waals surface area (Å²) < 4.78 is 5.58. The van der Waals surface area contributed by atoms with Gasteiger partial charge in [-0.15, -0.1) is 0 Å². The van der Waals surface area contributed by atoms with Crippen LogP contribution in [0.2, 0.25) is 0 Å². The van der Waals surface area contributed by atoms with E-state index < -0.39 is 0 Å². The van der Waals surface area contributed by atoms with Gasteiger partial charge in [-0.3, -0.25) is 4.79 Å². The van der Waals surface area contributed by atoms with Gasteiger partial charge in [0.1, 0.15) is 6.10 Å². The Labute approximate surface area is 148 Å². The fourth-order valence-corrected chi connectivity index (χ4v) is 3.37. The van der Waals surface area contributed by atoms with E-state index in [0.717, 1.165) is 12.0 Å². The Morgan fingerprint density at radius 3 is 1.96 bits per heavy atom. The van der Waals surface area contributed by atoms with Crippen molar-refractivity contribution in [2.75, 3.05) is 0 Å². The number of carbonyl (C=O) groups excluding carboxylic acids is 1. The van der Waals surface area contributed by atoms with Crippen LogP contribution in [0.5, 0.6) is 0 Å². The van der Waals surface area contributed by atoms with Gasteiger partial charge in [0.2, 0.25) is 0 Å². The lowest BCUT2D eigenvalue weighted by atomic mass is 10.0. The van der Waals surface area contributed by atoms with Crippen molar-refractivity contribution in [2.24, 2.45) is 0 Å². The number of unbranched alkanes of at least 4 members (excludes halogenated alkanes) is 10. The molecule has 2 atom stereocenters. The summed E-state index contributed by atoms with van der Waals surface area (Å²) in [5.41, 5.74) is 0.781. The fraction of sp³-hybridized carbons (Fsp3) is 0.682. The molecule has 2 nitrogen and oxygen atoms in total. The summed E-state index contributed by atoms with van der Waals surface area (Å²) in [7, 11) is 0. The molecule has 1 fully saturated rings. The van der Waals surface area contributed by atoms with Crippen LogP contribution in [0.4, 0.5) is 0 Å². The van der Waals surface area contributed by atoms with Gasteiger partial charge in [0.15, 0.2) is 5.78 Å². The number of ketones is 1. The Morgan fingerprint density at radius 2 is 1.38 bits per heavy atom. The topological polar surface area (TPSA) is 29.6 Å². The van der Waals surface area contributed by atoms with Crippen LogP contribution in [0, 0.1) is 0 Å². The van der Waals surface area contributed by atoms with E-state index in [1.165, 1.54) is 70.6 Å². The Hall–Kier alpha value is -1.15. The second-order valence-electron chi connectivity index (χ2n) is 7.15. The maximum atomic E-state index is 12.2. The monoisotopic (exact) mass is 330 g/mol. The summed E-state index contributed by atoms with van der Waals surface area (Å²) in [6, 6.07) is 9.52. The predicted molar refractivity (Wildman–Crippen MR) is 101 cm³/mol. The lowest BCUT2D eigenvalue weighted by Crippen LogP contribution is -2.10. The van der Waals surface area contributed by atoms with Gasteiger partial charge in [0, 0.05) is 5.56 Å². The standard InChI is InChI=1S/C22H34O2/c1-2-3-4-5-6-7-8-9-10-11-15-18-20-22(24-20)21(23)19-16-13-12-14-17-19/h12-14,16-17,20,22H,2-11,15,18H2,1H3/t20-,22+/m1/s1. The zero-order valence-electron chi connectivity index (χ0n) is 15.3. The van der Waals surface area contributed by atoms with Gasteiger partial charge in [-0.1, -0.05) is 108 Å². The number of rotatable bonds is 14. The molecule has 2 rings (SSSR count). The van der Waals surface area contributed by atoms with Crippen LogP contribution in [-0.2, 0) is 4.74 Å². The minimum absolute atomic E-state index is 0.156. The highest BCUT2D eigenvalue weighted by Gasteiger charge is 2.44. The third kappa shape index (κ3) is 7.17. The van der Waals surface area contributed by atoms with Crippen LogP contribution in [0.25, 0.3) is 0 Å². The molecule has 24 heavy (non-hydrogen) atoms. The highest BCUT2D eigenvalue weighted by Crippen LogP contribution is 2.30. The van der Waals surface area contributed by atoms with Gasteiger partial charge in [0.05, 0.1) is 6.10 Å². The molecule has 1 aromatic carbocycles. The van der Waals surface area contributed by atoms with E-state index in [1.807, 2.05) is 30.3 Å². The molecule has 0 N–H and O–H groups in total. The van der Waals surface area contributed by atoms with Crippen molar-refractivity contribution < 1.29 is 9.53 Å². The van der Waals surface area contributed by atoms with Crippen molar-refractivity contribution in [1.29, 1.82) is 0 Å². The molecule has 134 valence electrons. The van der Waals surface area contributed by atoms with Crippen molar-refractivity contribution in [1.82, 2.24) is 0 Å². The molecule has 0 amide bonds. The van der Waals surface area contributed by atoms with Crippen molar-refractivity contribution in [3.63, 3.8) is 0 Å². The molecule has 2 heteroatoms. The summed E-state index contributed by atoms with van der Waals surface area (Å²) >= 11 is 0. The summed E-state index contributed by atoms with van der Waals surface area (Å²) in [5.74, 6) is 0.156. The average Bonchev–Trinajstić information content (AvgIpc) is 3.39. The molecule has 1 aliphatic rings. The summed E-state index contributed by atoms with van der Waals surface area (Å²) in [6.45, 7) is 2.27. The summed E-state index contributed by atoms with van der Waals surface area (Å²) in [6.07, 6.45) is 16.0. The van der Waals surface area contributed by atoms with E-state index in [0.29, 0.717) is 0 Å². The minimum atomic E-state index is -0.171. The number of ether oxygens (including phenoxy) is 1. The fourth-order valence-electron chi connectivity index (χ4n) is 3.37. The molecule has 0 aliphatic carbocycles. The molecule has 0 aromatic heterocycles. The van der Waals surface area contributed by atoms with Crippen LogP contribution in [0.1, 0.15) is 94.3 Å². The lowest BCUT2D eigenvalue weighted by molar-refractivity contribution is 0.0953. The number of carbonyl (C=O) groups is 1.